The number of alkyl halides is 1. The summed E-state index contributed by atoms with van der Waals surface area (Å²) in [5, 5.41) is 0. The number of ether oxygens (including phenoxy) is 2. The van der Waals surface area contributed by atoms with E-state index in [9.17, 15) is 0 Å². The number of methoxy groups -OCH3 is 2. The largest absolute Gasteiger partial charge is 0.496 e. The second-order valence-electron chi connectivity index (χ2n) is 4.56. The van der Waals surface area contributed by atoms with E-state index < -0.39 is 0 Å². The molecule has 102 valence electrons. The molecule has 1 atom stereocenters. The minimum atomic E-state index is 0.350. The molecule has 0 radical (unpaired) electrons. The van der Waals surface area contributed by atoms with E-state index in [2.05, 4.69) is 46.9 Å². The summed E-state index contributed by atoms with van der Waals surface area (Å²) in [7, 11) is 5.54. The first kappa shape index (κ1) is 15.5. The normalized spacial score (nSPS) is 12.8. The van der Waals surface area contributed by atoms with Crippen LogP contribution in [0.4, 0.5) is 0 Å². The molecule has 0 aliphatic rings. The monoisotopic (exact) mass is 315 g/mol. The molecule has 4 heteroatoms. The maximum absolute atomic E-state index is 5.39. The standard InChI is InChI=1S/C14H22BrNO2/c1-11-5-6-14(18-4)12(7-11)8-16(2)9-13(15)10-17-3/h5-7,13H,8-10H2,1-4H3. The minimum absolute atomic E-state index is 0.350. The van der Waals surface area contributed by atoms with Gasteiger partial charge >= 0.3 is 0 Å². The molecule has 0 amide bonds. The van der Waals surface area contributed by atoms with Crippen LogP contribution in [0.15, 0.2) is 18.2 Å². The lowest BCUT2D eigenvalue weighted by atomic mass is 10.1. The van der Waals surface area contributed by atoms with Gasteiger partial charge in [-0.3, -0.25) is 0 Å². The highest BCUT2D eigenvalue weighted by Crippen LogP contribution is 2.21. The zero-order chi connectivity index (χ0) is 13.5. The van der Waals surface area contributed by atoms with E-state index in [4.69, 9.17) is 9.47 Å². The highest BCUT2D eigenvalue weighted by atomic mass is 79.9. The number of aryl methyl sites for hydroxylation is 1. The second kappa shape index (κ2) is 7.77. The van der Waals surface area contributed by atoms with E-state index in [1.807, 2.05) is 6.07 Å². The Morgan fingerprint density at radius 3 is 2.67 bits per heavy atom. The highest BCUT2D eigenvalue weighted by molar-refractivity contribution is 9.09. The summed E-state index contributed by atoms with van der Waals surface area (Å²) in [4.78, 5) is 2.61. The third kappa shape index (κ3) is 4.96. The van der Waals surface area contributed by atoms with Crippen molar-refractivity contribution >= 4 is 15.9 Å². The van der Waals surface area contributed by atoms with Gasteiger partial charge in [0.1, 0.15) is 5.75 Å². The molecule has 18 heavy (non-hydrogen) atoms. The molecule has 1 aromatic carbocycles. The third-order valence-corrected chi connectivity index (χ3v) is 3.29. The molecule has 0 fully saturated rings. The Kier molecular flexibility index (Phi) is 6.68. The van der Waals surface area contributed by atoms with Crippen molar-refractivity contribution in [1.82, 2.24) is 4.90 Å². The fourth-order valence-corrected chi connectivity index (χ4v) is 2.72. The van der Waals surface area contributed by atoms with Crippen LogP contribution >= 0.6 is 15.9 Å². The maximum Gasteiger partial charge on any atom is 0.123 e. The summed E-state index contributed by atoms with van der Waals surface area (Å²) in [6, 6.07) is 6.27. The third-order valence-electron chi connectivity index (χ3n) is 2.73. The van der Waals surface area contributed by atoms with Crippen molar-refractivity contribution in [2.75, 3.05) is 34.4 Å². The van der Waals surface area contributed by atoms with Crippen LogP contribution in [-0.2, 0) is 11.3 Å². The molecule has 1 unspecified atom stereocenters. The molecule has 0 heterocycles. The van der Waals surface area contributed by atoms with Gasteiger partial charge in [0.15, 0.2) is 0 Å². The van der Waals surface area contributed by atoms with E-state index in [-0.39, 0.29) is 0 Å². The molecular weight excluding hydrogens is 294 g/mol. The number of hydrogen-bond acceptors (Lipinski definition) is 3. The van der Waals surface area contributed by atoms with Crippen LogP contribution < -0.4 is 4.74 Å². The summed E-state index contributed by atoms with van der Waals surface area (Å²) in [6.07, 6.45) is 0. The average molecular weight is 316 g/mol. The van der Waals surface area contributed by atoms with Crippen molar-refractivity contribution in [3.63, 3.8) is 0 Å². The summed E-state index contributed by atoms with van der Waals surface area (Å²) >= 11 is 3.60. The lowest BCUT2D eigenvalue weighted by Gasteiger charge is -2.21. The highest BCUT2D eigenvalue weighted by Gasteiger charge is 2.11. The molecule has 0 aliphatic heterocycles. The Hall–Kier alpha value is -0.580. The lowest BCUT2D eigenvalue weighted by molar-refractivity contribution is 0.184. The first-order chi connectivity index (χ1) is 8.56. The van der Waals surface area contributed by atoms with Crippen molar-refractivity contribution < 1.29 is 9.47 Å². The van der Waals surface area contributed by atoms with Gasteiger partial charge in [-0.25, -0.2) is 0 Å². The fourth-order valence-electron chi connectivity index (χ4n) is 1.96. The zero-order valence-corrected chi connectivity index (χ0v) is 13.2. The molecule has 0 saturated carbocycles. The minimum Gasteiger partial charge on any atom is -0.496 e. The van der Waals surface area contributed by atoms with Gasteiger partial charge in [0.05, 0.1) is 18.5 Å². The quantitative estimate of drug-likeness (QED) is 0.722. The molecule has 3 nitrogen and oxygen atoms in total. The van der Waals surface area contributed by atoms with Crippen molar-refractivity contribution in [2.45, 2.75) is 18.3 Å². The van der Waals surface area contributed by atoms with Gasteiger partial charge in [-0.15, -0.1) is 0 Å². The van der Waals surface area contributed by atoms with Crippen LogP contribution in [-0.4, -0.2) is 44.1 Å². The Labute approximate surface area is 118 Å². The Morgan fingerprint density at radius 1 is 1.33 bits per heavy atom. The zero-order valence-electron chi connectivity index (χ0n) is 11.6. The summed E-state index contributed by atoms with van der Waals surface area (Å²) in [5.74, 6) is 0.949. The molecule has 1 rings (SSSR count). The van der Waals surface area contributed by atoms with E-state index in [1.54, 1.807) is 14.2 Å². The molecule has 0 aliphatic carbocycles. The predicted octanol–water partition coefficient (Wildman–Crippen LogP) is 2.85. The van der Waals surface area contributed by atoms with Gasteiger partial charge in [-0.1, -0.05) is 33.6 Å². The van der Waals surface area contributed by atoms with Gasteiger partial charge in [-0.05, 0) is 20.0 Å². The van der Waals surface area contributed by atoms with Crippen LogP contribution in [0.2, 0.25) is 0 Å². The molecule has 0 saturated heterocycles. The van der Waals surface area contributed by atoms with Gasteiger partial charge in [0, 0.05) is 25.8 Å². The number of nitrogens with zero attached hydrogens (tertiary/aromatic N) is 1. The van der Waals surface area contributed by atoms with E-state index in [0.717, 1.165) is 25.4 Å². The SMILES string of the molecule is COCC(Br)CN(C)Cc1cc(C)ccc1OC. The second-order valence-corrected chi connectivity index (χ2v) is 5.86. The molecular formula is C14H22BrNO2. The molecule has 1 aromatic rings. The number of hydrogen-bond donors (Lipinski definition) is 0. The maximum atomic E-state index is 5.39. The molecule has 0 spiro atoms. The van der Waals surface area contributed by atoms with Gasteiger partial charge < -0.3 is 14.4 Å². The number of rotatable bonds is 7. The van der Waals surface area contributed by atoms with Crippen LogP contribution in [0.1, 0.15) is 11.1 Å². The first-order valence-electron chi connectivity index (χ1n) is 6.02. The fraction of sp³-hybridized carbons (Fsp3) is 0.571. The van der Waals surface area contributed by atoms with Crippen LogP contribution in [0.3, 0.4) is 0 Å². The van der Waals surface area contributed by atoms with Gasteiger partial charge in [-0.2, -0.15) is 0 Å². The van der Waals surface area contributed by atoms with Crippen LogP contribution in [0.5, 0.6) is 5.75 Å². The number of benzene rings is 1. The summed E-state index contributed by atoms with van der Waals surface area (Å²) in [5.41, 5.74) is 2.48. The first-order valence-corrected chi connectivity index (χ1v) is 6.93. The van der Waals surface area contributed by atoms with Crippen LogP contribution in [0, 0.1) is 6.92 Å². The molecule has 0 bridgehead atoms. The van der Waals surface area contributed by atoms with Gasteiger partial charge in [0.25, 0.3) is 0 Å². The van der Waals surface area contributed by atoms with Gasteiger partial charge in [0.2, 0.25) is 0 Å². The molecule has 0 aromatic heterocycles. The van der Waals surface area contributed by atoms with Crippen molar-refractivity contribution in [1.29, 1.82) is 0 Å². The van der Waals surface area contributed by atoms with E-state index in [1.165, 1.54) is 11.1 Å². The van der Waals surface area contributed by atoms with E-state index in [0.29, 0.717) is 4.83 Å². The lowest BCUT2D eigenvalue weighted by Crippen LogP contribution is -2.28. The summed E-state index contributed by atoms with van der Waals surface area (Å²) < 4.78 is 10.5. The smallest absolute Gasteiger partial charge is 0.123 e. The molecule has 0 N–H and O–H groups in total. The Bertz CT molecular complexity index is 371. The summed E-state index contributed by atoms with van der Waals surface area (Å²) in [6.45, 7) is 4.62. The van der Waals surface area contributed by atoms with Crippen LogP contribution in [0.25, 0.3) is 0 Å². The van der Waals surface area contributed by atoms with E-state index >= 15 is 0 Å². The Morgan fingerprint density at radius 2 is 2.06 bits per heavy atom. The topological polar surface area (TPSA) is 21.7 Å². The predicted molar refractivity (Wildman–Crippen MR) is 78.7 cm³/mol. The number of halogens is 1. The van der Waals surface area contributed by atoms with Crippen molar-refractivity contribution in [2.24, 2.45) is 0 Å². The van der Waals surface area contributed by atoms with Crippen molar-refractivity contribution in [3.8, 4) is 5.75 Å². The Balaban J connectivity index is 2.63. The van der Waals surface area contributed by atoms with Crippen molar-refractivity contribution in [3.05, 3.63) is 29.3 Å². The average Bonchev–Trinajstić information content (AvgIpc) is 2.29.